The summed E-state index contributed by atoms with van der Waals surface area (Å²) >= 11 is 0. The fraction of sp³-hybridized carbons (Fsp3) is 0. The molecule has 3 rings (SSSR count). The Morgan fingerprint density at radius 3 is 1.52 bits per heavy atom. The molecule has 0 aliphatic rings. The second kappa shape index (κ2) is 9.37. The van der Waals surface area contributed by atoms with Gasteiger partial charge in [-0.15, -0.1) is 0 Å². The fourth-order valence-corrected chi connectivity index (χ4v) is 2.88. The van der Waals surface area contributed by atoms with Crippen LogP contribution >= 0.6 is 0 Å². The average molecular weight is 414 g/mol. The van der Waals surface area contributed by atoms with E-state index in [1.165, 1.54) is 6.07 Å². The third kappa shape index (κ3) is 5.13. The number of ketones is 2. The maximum Gasteiger partial charge on any atom is 0.336 e. The molecule has 0 aliphatic carbocycles. The van der Waals surface area contributed by atoms with Gasteiger partial charge in [-0.3, -0.25) is 9.59 Å². The van der Waals surface area contributed by atoms with Crippen LogP contribution in [0.25, 0.3) is 11.5 Å². The zero-order valence-corrected chi connectivity index (χ0v) is 16.2. The lowest BCUT2D eigenvalue weighted by Crippen LogP contribution is -2.10. The molecule has 0 radical (unpaired) electrons. The first-order valence-corrected chi connectivity index (χ1v) is 9.25. The first kappa shape index (κ1) is 21.3. The van der Waals surface area contributed by atoms with Gasteiger partial charge in [-0.1, -0.05) is 66.7 Å². The number of allylic oxidation sites excluding steroid dienone is 2. The van der Waals surface area contributed by atoms with E-state index in [1.807, 2.05) is 0 Å². The Hall–Kier alpha value is -4.45. The predicted octanol–water partition coefficient (Wildman–Crippen LogP) is 4.95. The highest BCUT2D eigenvalue weighted by atomic mass is 16.4. The number of benzene rings is 3. The van der Waals surface area contributed by atoms with Gasteiger partial charge in [0.25, 0.3) is 0 Å². The number of aliphatic hydroxyl groups excluding tert-OH is 2. The summed E-state index contributed by atoms with van der Waals surface area (Å²) in [5, 5.41) is 29.8. The van der Waals surface area contributed by atoms with E-state index in [4.69, 9.17) is 0 Å². The van der Waals surface area contributed by atoms with Gasteiger partial charge in [-0.25, -0.2) is 4.79 Å². The van der Waals surface area contributed by atoms with Crippen molar-refractivity contribution in [3.05, 3.63) is 119 Å². The topological polar surface area (TPSA) is 112 Å². The molecule has 0 atom stereocenters. The lowest BCUT2D eigenvalue weighted by molar-refractivity contribution is 0.0692. The van der Waals surface area contributed by atoms with E-state index < -0.39 is 17.5 Å². The van der Waals surface area contributed by atoms with Crippen LogP contribution in [0, 0.1) is 0 Å². The summed E-state index contributed by atoms with van der Waals surface area (Å²) in [6, 6.07) is 20.2. The van der Waals surface area contributed by atoms with Gasteiger partial charge in [0.05, 0.1) is 5.56 Å². The number of rotatable bonds is 7. The zero-order chi connectivity index (χ0) is 22.4. The predicted molar refractivity (Wildman–Crippen MR) is 116 cm³/mol. The summed E-state index contributed by atoms with van der Waals surface area (Å²) in [7, 11) is 0. The Morgan fingerprint density at radius 1 is 0.548 bits per heavy atom. The van der Waals surface area contributed by atoms with Gasteiger partial charge in [0.15, 0.2) is 11.6 Å². The maximum absolute atomic E-state index is 12.7. The molecule has 0 bridgehead atoms. The highest BCUT2D eigenvalue weighted by Crippen LogP contribution is 2.19. The quantitative estimate of drug-likeness (QED) is 0.287. The largest absolute Gasteiger partial charge is 0.507 e. The maximum atomic E-state index is 12.7. The molecule has 3 aromatic carbocycles. The van der Waals surface area contributed by atoms with E-state index in [-0.39, 0.29) is 28.2 Å². The zero-order valence-electron chi connectivity index (χ0n) is 16.2. The number of aliphatic hydroxyl groups is 2. The Balaban J connectivity index is 1.97. The highest BCUT2D eigenvalue weighted by molar-refractivity contribution is 6.15. The molecule has 31 heavy (non-hydrogen) atoms. The van der Waals surface area contributed by atoms with Gasteiger partial charge < -0.3 is 15.3 Å². The summed E-state index contributed by atoms with van der Waals surface area (Å²) in [6.45, 7) is 0. The van der Waals surface area contributed by atoms with Crippen molar-refractivity contribution in [1.82, 2.24) is 0 Å². The number of carbonyl (C=O) groups excluding carboxylic acids is 2. The van der Waals surface area contributed by atoms with E-state index in [2.05, 4.69) is 0 Å². The minimum absolute atomic E-state index is 0.0171. The van der Waals surface area contributed by atoms with Crippen molar-refractivity contribution in [3.63, 3.8) is 0 Å². The molecule has 0 amide bonds. The standard InChI is InChI=1S/C25H18O6/c26-21(16-7-3-1-4-8-16)14-23(28)18-11-12-19(25(30)31)20(13-18)24(29)15-22(27)17-9-5-2-6-10-17/h1-15,26-27H,(H,30,31). The van der Waals surface area contributed by atoms with Crippen molar-refractivity contribution in [2.75, 3.05) is 0 Å². The monoisotopic (exact) mass is 414 g/mol. The van der Waals surface area contributed by atoms with Crippen molar-refractivity contribution >= 4 is 29.1 Å². The van der Waals surface area contributed by atoms with Crippen LogP contribution in [0.1, 0.15) is 42.2 Å². The molecule has 0 aromatic heterocycles. The van der Waals surface area contributed by atoms with Crippen molar-refractivity contribution in [2.45, 2.75) is 0 Å². The lowest BCUT2D eigenvalue weighted by Gasteiger charge is -2.07. The minimum atomic E-state index is -1.35. The number of aromatic carboxylic acids is 1. The SMILES string of the molecule is O=C(C=C(O)c1ccccc1)c1ccc(C(=O)O)c(C(=O)C=C(O)c2ccccc2)c1. The van der Waals surface area contributed by atoms with Gasteiger partial charge in [-0.05, 0) is 12.1 Å². The average Bonchev–Trinajstić information content (AvgIpc) is 2.79. The van der Waals surface area contributed by atoms with Crippen LogP contribution in [0.15, 0.2) is 91.0 Å². The summed E-state index contributed by atoms with van der Waals surface area (Å²) in [4.78, 5) is 36.8. The van der Waals surface area contributed by atoms with E-state index in [0.29, 0.717) is 11.1 Å². The summed E-state index contributed by atoms with van der Waals surface area (Å²) < 4.78 is 0. The molecule has 0 unspecified atom stereocenters. The molecule has 3 aromatic rings. The van der Waals surface area contributed by atoms with Crippen LogP contribution in [0.3, 0.4) is 0 Å². The molecule has 0 aliphatic heterocycles. The number of hydrogen-bond acceptors (Lipinski definition) is 5. The van der Waals surface area contributed by atoms with E-state index in [0.717, 1.165) is 24.3 Å². The van der Waals surface area contributed by atoms with E-state index >= 15 is 0 Å². The summed E-state index contributed by atoms with van der Waals surface area (Å²) in [5.41, 5.74) is 0.271. The Morgan fingerprint density at radius 2 is 1.03 bits per heavy atom. The van der Waals surface area contributed by atoms with E-state index in [9.17, 15) is 29.7 Å². The fourth-order valence-electron chi connectivity index (χ4n) is 2.88. The van der Waals surface area contributed by atoms with Gasteiger partial charge in [-0.2, -0.15) is 0 Å². The molecule has 0 spiro atoms. The lowest BCUT2D eigenvalue weighted by atomic mass is 9.97. The van der Waals surface area contributed by atoms with Crippen LogP contribution in [0.4, 0.5) is 0 Å². The normalized spacial score (nSPS) is 11.7. The third-order valence-corrected chi connectivity index (χ3v) is 4.47. The van der Waals surface area contributed by atoms with Crippen LogP contribution in [0.5, 0.6) is 0 Å². The van der Waals surface area contributed by atoms with Crippen molar-refractivity contribution in [3.8, 4) is 0 Å². The molecule has 0 fully saturated rings. The second-order valence-electron chi connectivity index (χ2n) is 6.59. The first-order valence-electron chi connectivity index (χ1n) is 9.25. The minimum Gasteiger partial charge on any atom is -0.507 e. The second-order valence-corrected chi connectivity index (χ2v) is 6.59. The van der Waals surface area contributed by atoms with Crippen molar-refractivity contribution < 1.29 is 29.7 Å². The van der Waals surface area contributed by atoms with Crippen LogP contribution < -0.4 is 0 Å². The first-order chi connectivity index (χ1) is 14.9. The molecule has 0 saturated heterocycles. The third-order valence-electron chi connectivity index (χ3n) is 4.47. The molecular weight excluding hydrogens is 396 g/mol. The van der Waals surface area contributed by atoms with Crippen molar-refractivity contribution in [2.24, 2.45) is 0 Å². The molecule has 6 nitrogen and oxygen atoms in total. The molecule has 6 heteroatoms. The number of carboxylic acid groups (broad SMARTS) is 1. The molecule has 0 saturated carbocycles. The van der Waals surface area contributed by atoms with Gasteiger partial charge in [0, 0.05) is 34.4 Å². The van der Waals surface area contributed by atoms with E-state index in [1.54, 1.807) is 60.7 Å². The number of hydrogen-bond donors (Lipinski definition) is 3. The molecule has 3 N–H and O–H groups in total. The number of carbonyl (C=O) groups is 3. The smallest absolute Gasteiger partial charge is 0.336 e. The van der Waals surface area contributed by atoms with Crippen LogP contribution in [-0.2, 0) is 0 Å². The van der Waals surface area contributed by atoms with Crippen LogP contribution in [-0.4, -0.2) is 32.9 Å². The molecular formula is C25H18O6. The highest BCUT2D eigenvalue weighted by Gasteiger charge is 2.19. The summed E-state index contributed by atoms with van der Waals surface area (Å²) in [6.07, 6.45) is 1.90. The summed E-state index contributed by atoms with van der Waals surface area (Å²) in [5.74, 6) is -3.33. The molecule has 0 heterocycles. The van der Waals surface area contributed by atoms with Crippen LogP contribution in [0.2, 0.25) is 0 Å². The van der Waals surface area contributed by atoms with Gasteiger partial charge in [0.2, 0.25) is 0 Å². The number of carboxylic acids is 1. The van der Waals surface area contributed by atoms with Gasteiger partial charge in [0.1, 0.15) is 11.5 Å². The Kier molecular flexibility index (Phi) is 6.42. The molecule has 154 valence electrons. The Bertz CT molecular complexity index is 1190. The van der Waals surface area contributed by atoms with Crippen molar-refractivity contribution in [1.29, 1.82) is 0 Å². The van der Waals surface area contributed by atoms with Gasteiger partial charge >= 0.3 is 5.97 Å². The Labute approximate surface area is 178 Å².